The number of aldehydes is 1. The third-order valence-corrected chi connectivity index (χ3v) is 1.73. The van der Waals surface area contributed by atoms with E-state index < -0.39 is 0 Å². The molecule has 0 fully saturated rings. The van der Waals surface area contributed by atoms with Gasteiger partial charge >= 0.3 is 0 Å². The van der Waals surface area contributed by atoms with E-state index in [4.69, 9.17) is 4.74 Å². The van der Waals surface area contributed by atoms with Gasteiger partial charge in [0.05, 0.1) is 6.20 Å². The van der Waals surface area contributed by atoms with E-state index in [2.05, 4.69) is 4.98 Å². The SMILES string of the molecule is O=Cc1cncc2c1C=CCO2. The van der Waals surface area contributed by atoms with Gasteiger partial charge in [-0.25, -0.2) is 0 Å². The number of ether oxygens (including phenoxy) is 1. The van der Waals surface area contributed by atoms with Gasteiger partial charge < -0.3 is 4.74 Å². The predicted molar refractivity (Wildman–Crippen MR) is 44.2 cm³/mol. The number of rotatable bonds is 1. The van der Waals surface area contributed by atoms with Gasteiger partial charge in [0.1, 0.15) is 12.4 Å². The highest BCUT2D eigenvalue weighted by atomic mass is 16.5. The lowest BCUT2D eigenvalue weighted by atomic mass is 10.1. The first-order valence-electron chi connectivity index (χ1n) is 3.64. The molecule has 1 aliphatic rings. The van der Waals surface area contributed by atoms with Crippen molar-refractivity contribution in [2.75, 3.05) is 6.61 Å². The molecule has 1 aromatic rings. The molecule has 0 spiro atoms. The molecule has 0 aromatic carbocycles. The number of carbonyl (C=O) groups is 1. The first-order chi connectivity index (χ1) is 5.92. The number of pyridine rings is 1. The van der Waals surface area contributed by atoms with Crippen LogP contribution in [0.15, 0.2) is 18.5 Å². The Labute approximate surface area is 69.7 Å². The maximum Gasteiger partial charge on any atom is 0.152 e. The Bertz CT molecular complexity index is 344. The van der Waals surface area contributed by atoms with E-state index >= 15 is 0 Å². The Morgan fingerprint density at radius 1 is 1.50 bits per heavy atom. The summed E-state index contributed by atoms with van der Waals surface area (Å²) in [6.07, 6.45) is 7.68. The van der Waals surface area contributed by atoms with Crippen LogP contribution in [-0.4, -0.2) is 17.9 Å². The van der Waals surface area contributed by atoms with Crippen LogP contribution in [0, 0.1) is 0 Å². The minimum Gasteiger partial charge on any atom is -0.487 e. The van der Waals surface area contributed by atoms with Crippen molar-refractivity contribution in [3.05, 3.63) is 29.6 Å². The summed E-state index contributed by atoms with van der Waals surface area (Å²) in [5.74, 6) is 0.683. The Morgan fingerprint density at radius 3 is 3.25 bits per heavy atom. The van der Waals surface area contributed by atoms with Crippen LogP contribution in [0.1, 0.15) is 15.9 Å². The number of hydrogen-bond donors (Lipinski definition) is 0. The lowest BCUT2D eigenvalue weighted by molar-refractivity contribution is 0.112. The second kappa shape index (κ2) is 2.77. The zero-order valence-electron chi connectivity index (χ0n) is 6.36. The lowest BCUT2D eigenvalue weighted by Crippen LogP contribution is -2.03. The number of carbonyl (C=O) groups excluding carboxylic acids is 1. The zero-order valence-corrected chi connectivity index (χ0v) is 6.36. The highest BCUT2D eigenvalue weighted by Crippen LogP contribution is 2.24. The van der Waals surface area contributed by atoms with Crippen LogP contribution in [-0.2, 0) is 0 Å². The molecule has 0 saturated heterocycles. The van der Waals surface area contributed by atoms with E-state index in [9.17, 15) is 4.79 Å². The molecule has 60 valence electrons. The molecule has 0 saturated carbocycles. The van der Waals surface area contributed by atoms with Crippen molar-refractivity contribution in [3.63, 3.8) is 0 Å². The summed E-state index contributed by atoms with van der Waals surface area (Å²) in [6, 6.07) is 0. The average Bonchev–Trinajstić information content (AvgIpc) is 2.17. The Morgan fingerprint density at radius 2 is 2.42 bits per heavy atom. The molecule has 1 aromatic heterocycles. The van der Waals surface area contributed by atoms with Gasteiger partial charge in [0.2, 0.25) is 0 Å². The van der Waals surface area contributed by atoms with Crippen molar-refractivity contribution < 1.29 is 9.53 Å². The summed E-state index contributed by atoms with van der Waals surface area (Å²) in [5.41, 5.74) is 1.40. The van der Waals surface area contributed by atoms with Gasteiger partial charge in [0.15, 0.2) is 6.29 Å². The maximum absolute atomic E-state index is 10.5. The molecule has 0 unspecified atom stereocenters. The largest absolute Gasteiger partial charge is 0.487 e. The molecule has 3 heteroatoms. The number of aromatic nitrogens is 1. The van der Waals surface area contributed by atoms with Gasteiger partial charge in [-0.3, -0.25) is 9.78 Å². The molecule has 0 radical (unpaired) electrons. The second-order valence-electron chi connectivity index (χ2n) is 2.47. The quantitative estimate of drug-likeness (QED) is 0.583. The van der Waals surface area contributed by atoms with Crippen LogP contribution in [0.3, 0.4) is 0 Å². The van der Waals surface area contributed by atoms with Crippen LogP contribution in [0.2, 0.25) is 0 Å². The molecule has 3 nitrogen and oxygen atoms in total. The summed E-state index contributed by atoms with van der Waals surface area (Å²) in [5, 5.41) is 0. The van der Waals surface area contributed by atoms with Crippen LogP contribution >= 0.6 is 0 Å². The molecule has 0 atom stereocenters. The van der Waals surface area contributed by atoms with E-state index in [1.165, 1.54) is 6.20 Å². The van der Waals surface area contributed by atoms with Crippen molar-refractivity contribution in [3.8, 4) is 5.75 Å². The van der Waals surface area contributed by atoms with E-state index in [1.54, 1.807) is 6.20 Å². The van der Waals surface area contributed by atoms with Crippen molar-refractivity contribution >= 4 is 12.4 Å². The fourth-order valence-electron chi connectivity index (χ4n) is 1.16. The van der Waals surface area contributed by atoms with Crippen LogP contribution in [0.5, 0.6) is 5.75 Å². The third kappa shape index (κ3) is 0.993. The fraction of sp³-hybridized carbons (Fsp3) is 0.111. The summed E-state index contributed by atoms with van der Waals surface area (Å²) in [6.45, 7) is 0.553. The number of fused-ring (bicyclic) bond motifs is 1. The normalized spacial score (nSPS) is 13.3. The Hall–Kier alpha value is -1.64. The van der Waals surface area contributed by atoms with E-state index in [0.717, 1.165) is 11.8 Å². The van der Waals surface area contributed by atoms with E-state index in [0.29, 0.717) is 17.9 Å². The van der Waals surface area contributed by atoms with Gasteiger partial charge in [-0.05, 0) is 6.08 Å². The van der Waals surface area contributed by atoms with E-state index in [-0.39, 0.29) is 0 Å². The molecular formula is C9H7NO2. The summed E-state index contributed by atoms with van der Waals surface area (Å²) >= 11 is 0. The van der Waals surface area contributed by atoms with Crippen molar-refractivity contribution in [1.29, 1.82) is 0 Å². The van der Waals surface area contributed by atoms with Crippen molar-refractivity contribution in [1.82, 2.24) is 4.98 Å². The maximum atomic E-state index is 10.5. The van der Waals surface area contributed by atoms with E-state index in [1.807, 2.05) is 12.2 Å². The smallest absolute Gasteiger partial charge is 0.152 e. The van der Waals surface area contributed by atoms with Gasteiger partial charge in [0.25, 0.3) is 0 Å². The molecule has 0 N–H and O–H groups in total. The van der Waals surface area contributed by atoms with Crippen molar-refractivity contribution in [2.24, 2.45) is 0 Å². The van der Waals surface area contributed by atoms with Gasteiger partial charge in [-0.1, -0.05) is 6.08 Å². The summed E-state index contributed by atoms with van der Waals surface area (Å²) in [4.78, 5) is 14.4. The average molecular weight is 161 g/mol. The number of nitrogens with zero attached hydrogens (tertiary/aromatic N) is 1. The monoisotopic (exact) mass is 161 g/mol. The molecule has 12 heavy (non-hydrogen) atoms. The second-order valence-corrected chi connectivity index (χ2v) is 2.47. The summed E-state index contributed by atoms with van der Waals surface area (Å²) < 4.78 is 5.26. The highest BCUT2D eigenvalue weighted by Gasteiger charge is 2.09. The number of hydrogen-bond acceptors (Lipinski definition) is 3. The van der Waals surface area contributed by atoms with Gasteiger partial charge in [-0.2, -0.15) is 0 Å². The topological polar surface area (TPSA) is 39.2 Å². The fourth-order valence-corrected chi connectivity index (χ4v) is 1.16. The molecule has 2 rings (SSSR count). The minimum atomic E-state index is 0.553. The first-order valence-corrected chi connectivity index (χ1v) is 3.64. The van der Waals surface area contributed by atoms with Crippen molar-refractivity contribution in [2.45, 2.75) is 0 Å². The van der Waals surface area contributed by atoms with Crippen LogP contribution in [0.4, 0.5) is 0 Å². The van der Waals surface area contributed by atoms with Crippen LogP contribution < -0.4 is 4.74 Å². The molecule has 0 amide bonds. The summed E-state index contributed by atoms with van der Waals surface area (Å²) in [7, 11) is 0. The molecule has 0 aliphatic carbocycles. The zero-order chi connectivity index (χ0) is 8.39. The Balaban J connectivity index is 2.61. The van der Waals surface area contributed by atoms with Gasteiger partial charge in [-0.15, -0.1) is 0 Å². The predicted octanol–water partition coefficient (Wildman–Crippen LogP) is 1.30. The minimum absolute atomic E-state index is 0.553. The standard InChI is InChI=1S/C9H7NO2/c11-6-7-4-10-5-9-8(7)2-1-3-12-9/h1-2,4-6H,3H2. The third-order valence-electron chi connectivity index (χ3n) is 1.73. The first kappa shape index (κ1) is 7.03. The molecule has 0 bridgehead atoms. The van der Waals surface area contributed by atoms with Gasteiger partial charge in [0, 0.05) is 17.3 Å². The highest BCUT2D eigenvalue weighted by molar-refractivity contribution is 5.83. The van der Waals surface area contributed by atoms with Crippen LogP contribution in [0.25, 0.3) is 6.08 Å². The molecule has 2 heterocycles. The molecular weight excluding hydrogens is 154 g/mol. The lowest BCUT2D eigenvalue weighted by Gasteiger charge is -2.12. The Kier molecular flexibility index (Phi) is 1.63. The molecule has 1 aliphatic heterocycles.